The van der Waals surface area contributed by atoms with Gasteiger partial charge in [0.25, 0.3) is 5.91 Å². The molecule has 56 valence electrons. The highest BCUT2D eigenvalue weighted by Gasteiger charge is 2.01. The molecule has 5 heteroatoms. The first-order valence-corrected chi connectivity index (χ1v) is 2.43. The molecule has 1 amide bonds. The number of carboxylic acid groups (broad SMARTS) is 1. The van der Waals surface area contributed by atoms with E-state index in [0.29, 0.717) is 0 Å². The molecule has 0 aromatic heterocycles. The predicted octanol–water partition coefficient (Wildman–Crippen LogP) is -0.477. The molecule has 0 heterocycles. The molecule has 0 bridgehead atoms. The number of rotatable bonds is 2. The third kappa shape index (κ3) is 2.83. The number of hydrogen-bond donors (Lipinski definition) is 3. The predicted molar refractivity (Wildman–Crippen MR) is 31.3 cm³/mol. The highest BCUT2D eigenvalue weighted by atomic mass is 16.5. The van der Waals surface area contributed by atoms with Crippen LogP contribution in [0.2, 0.25) is 0 Å². The number of nitrogens with one attached hydrogen (secondary N) is 1. The van der Waals surface area contributed by atoms with Crippen molar-refractivity contribution >= 4 is 11.9 Å². The van der Waals surface area contributed by atoms with Crippen molar-refractivity contribution in [1.82, 2.24) is 5.48 Å². The first-order valence-electron chi connectivity index (χ1n) is 2.43. The Morgan fingerprint density at radius 2 is 2.00 bits per heavy atom. The quantitative estimate of drug-likeness (QED) is 0.278. The van der Waals surface area contributed by atoms with Gasteiger partial charge in [-0.2, -0.15) is 0 Å². The lowest BCUT2D eigenvalue weighted by Crippen LogP contribution is -2.16. The molecule has 0 saturated heterocycles. The molecule has 0 aromatic carbocycles. The summed E-state index contributed by atoms with van der Waals surface area (Å²) in [6, 6.07) is 0. The van der Waals surface area contributed by atoms with Gasteiger partial charge in [-0.1, -0.05) is 0 Å². The van der Waals surface area contributed by atoms with E-state index in [1.54, 1.807) is 0 Å². The second-order valence-electron chi connectivity index (χ2n) is 1.61. The third-order valence-electron chi connectivity index (χ3n) is 0.795. The summed E-state index contributed by atoms with van der Waals surface area (Å²) in [5, 5.41) is 16.1. The molecule has 0 aliphatic heterocycles. The van der Waals surface area contributed by atoms with Crippen molar-refractivity contribution in [1.29, 1.82) is 0 Å². The van der Waals surface area contributed by atoms with Gasteiger partial charge >= 0.3 is 5.97 Å². The smallest absolute Gasteiger partial charge is 0.331 e. The summed E-state index contributed by atoms with van der Waals surface area (Å²) >= 11 is 0. The van der Waals surface area contributed by atoms with E-state index >= 15 is 0 Å². The number of carboxylic acids is 1. The number of amides is 1. The van der Waals surface area contributed by atoms with Gasteiger partial charge < -0.3 is 5.11 Å². The summed E-state index contributed by atoms with van der Waals surface area (Å²) < 4.78 is 0. The van der Waals surface area contributed by atoms with Crippen LogP contribution in [-0.4, -0.2) is 22.2 Å². The average Bonchev–Trinajstić information content (AvgIpc) is 1.87. The molecular formula is C5H7NO4. The van der Waals surface area contributed by atoms with Gasteiger partial charge in [0.05, 0.1) is 0 Å². The van der Waals surface area contributed by atoms with Crippen LogP contribution in [0.3, 0.4) is 0 Å². The second-order valence-corrected chi connectivity index (χ2v) is 1.61. The molecule has 0 aliphatic rings. The van der Waals surface area contributed by atoms with Gasteiger partial charge in [-0.05, 0) is 6.92 Å². The summed E-state index contributed by atoms with van der Waals surface area (Å²) in [5.74, 6) is -2.04. The number of aliphatic carboxylic acids is 1. The zero-order valence-electron chi connectivity index (χ0n) is 5.29. The Kier molecular flexibility index (Phi) is 3.13. The van der Waals surface area contributed by atoms with E-state index in [9.17, 15) is 9.59 Å². The Labute approximate surface area is 56.9 Å². The Bertz CT molecular complexity index is 184. The molecule has 0 radical (unpaired) electrons. The lowest BCUT2D eigenvalue weighted by atomic mass is 10.3. The van der Waals surface area contributed by atoms with Crippen molar-refractivity contribution in [2.24, 2.45) is 0 Å². The van der Waals surface area contributed by atoms with E-state index in [0.717, 1.165) is 6.08 Å². The fraction of sp³-hybridized carbons (Fsp3) is 0.200. The highest BCUT2D eigenvalue weighted by Crippen LogP contribution is 1.89. The largest absolute Gasteiger partial charge is 0.478 e. The SMILES string of the molecule is C/C(=C\C(=O)NO)C(=O)O. The van der Waals surface area contributed by atoms with E-state index < -0.39 is 11.9 Å². The zero-order valence-corrected chi connectivity index (χ0v) is 5.29. The lowest BCUT2D eigenvalue weighted by Gasteiger charge is -1.90. The fourth-order valence-corrected chi connectivity index (χ4v) is 0.291. The molecule has 0 atom stereocenters. The standard InChI is InChI=1S/C5H7NO4/c1-3(5(8)9)2-4(7)6-10/h2,10H,1H3,(H,6,7)(H,8,9)/b3-2+. The van der Waals surface area contributed by atoms with E-state index in [1.807, 2.05) is 0 Å². The highest BCUT2D eigenvalue weighted by molar-refractivity contribution is 5.96. The Balaban J connectivity index is 4.16. The van der Waals surface area contributed by atoms with Gasteiger partial charge in [0, 0.05) is 11.6 Å². The van der Waals surface area contributed by atoms with Crippen LogP contribution in [0.5, 0.6) is 0 Å². The lowest BCUT2D eigenvalue weighted by molar-refractivity contribution is -0.133. The van der Waals surface area contributed by atoms with Crippen LogP contribution in [0.25, 0.3) is 0 Å². The molecule has 0 unspecified atom stereocenters. The van der Waals surface area contributed by atoms with Crippen LogP contribution < -0.4 is 5.48 Å². The molecule has 0 spiro atoms. The van der Waals surface area contributed by atoms with Crippen molar-refractivity contribution in [3.63, 3.8) is 0 Å². The molecule has 0 aliphatic carbocycles. The molecular weight excluding hydrogens is 138 g/mol. The minimum atomic E-state index is -1.19. The summed E-state index contributed by atoms with van der Waals surface area (Å²) in [5.41, 5.74) is 1.14. The van der Waals surface area contributed by atoms with Gasteiger partial charge in [-0.15, -0.1) is 0 Å². The third-order valence-corrected chi connectivity index (χ3v) is 0.795. The minimum absolute atomic E-state index is 0.133. The van der Waals surface area contributed by atoms with Gasteiger partial charge in [0.2, 0.25) is 0 Å². The van der Waals surface area contributed by atoms with Crippen LogP contribution >= 0.6 is 0 Å². The minimum Gasteiger partial charge on any atom is -0.478 e. The van der Waals surface area contributed by atoms with Crippen LogP contribution in [0.4, 0.5) is 0 Å². The molecule has 5 nitrogen and oxygen atoms in total. The number of hydrogen-bond acceptors (Lipinski definition) is 3. The summed E-state index contributed by atoms with van der Waals surface area (Å²) in [7, 11) is 0. The van der Waals surface area contributed by atoms with E-state index in [-0.39, 0.29) is 5.57 Å². The summed E-state index contributed by atoms with van der Waals surface area (Å²) in [4.78, 5) is 20.2. The van der Waals surface area contributed by atoms with Crippen molar-refractivity contribution in [3.05, 3.63) is 11.6 Å². The van der Waals surface area contributed by atoms with E-state index in [2.05, 4.69) is 0 Å². The zero-order chi connectivity index (χ0) is 8.15. The fourth-order valence-electron chi connectivity index (χ4n) is 0.291. The van der Waals surface area contributed by atoms with Gasteiger partial charge in [-0.25, -0.2) is 10.3 Å². The Hall–Kier alpha value is -1.36. The first kappa shape index (κ1) is 8.64. The van der Waals surface area contributed by atoms with Crippen molar-refractivity contribution in [3.8, 4) is 0 Å². The van der Waals surface area contributed by atoms with Crippen LogP contribution in [0, 0.1) is 0 Å². The normalized spacial score (nSPS) is 10.8. The van der Waals surface area contributed by atoms with Crippen LogP contribution in [0.1, 0.15) is 6.92 Å². The maximum Gasteiger partial charge on any atom is 0.331 e. The van der Waals surface area contributed by atoms with Crippen molar-refractivity contribution in [2.45, 2.75) is 6.92 Å². The van der Waals surface area contributed by atoms with E-state index in [1.165, 1.54) is 12.4 Å². The van der Waals surface area contributed by atoms with Crippen molar-refractivity contribution in [2.75, 3.05) is 0 Å². The maximum absolute atomic E-state index is 10.2. The monoisotopic (exact) mass is 145 g/mol. The first-order chi connectivity index (χ1) is 4.57. The molecule has 0 rings (SSSR count). The number of hydroxylamine groups is 1. The maximum atomic E-state index is 10.2. The van der Waals surface area contributed by atoms with Gasteiger partial charge in [0.15, 0.2) is 0 Å². The second kappa shape index (κ2) is 3.62. The summed E-state index contributed by atoms with van der Waals surface area (Å²) in [6.07, 6.45) is 0.780. The summed E-state index contributed by atoms with van der Waals surface area (Å²) in [6.45, 7) is 1.25. The van der Waals surface area contributed by atoms with E-state index in [4.69, 9.17) is 10.3 Å². The number of carbonyl (C=O) groups excluding carboxylic acids is 1. The van der Waals surface area contributed by atoms with Gasteiger partial charge in [-0.3, -0.25) is 10.0 Å². The Morgan fingerprint density at radius 1 is 1.50 bits per heavy atom. The molecule has 0 aromatic rings. The molecule has 0 fully saturated rings. The molecule has 10 heavy (non-hydrogen) atoms. The van der Waals surface area contributed by atoms with Crippen LogP contribution in [0.15, 0.2) is 11.6 Å². The molecule has 3 N–H and O–H groups in total. The molecule has 0 saturated carbocycles. The van der Waals surface area contributed by atoms with Crippen LogP contribution in [-0.2, 0) is 9.59 Å². The topological polar surface area (TPSA) is 86.6 Å². The van der Waals surface area contributed by atoms with Gasteiger partial charge in [0.1, 0.15) is 0 Å². The Morgan fingerprint density at radius 3 is 2.30 bits per heavy atom. The number of carbonyl (C=O) groups is 2. The average molecular weight is 145 g/mol. The van der Waals surface area contributed by atoms with Crippen molar-refractivity contribution < 1.29 is 19.9 Å².